The summed E-state index contributed by atoms with van der Waals surface area (Å²) in [6.07, 6.45) is 0. The van der Waals surface area contributed by atoms with Crippen LogP contribution in [-0.2, 0) is 19.0 Å². The third-order valence-electron chi connectivity index (χ3n) is 0.689. The minimum atomic E-state index is -2.29. The number of ether oxygens (including phenoxy) is 1. The van der Waals surface area contributed by atoms with Crippen LogP contribution in [0.1, 0.15) is 0 Å². The van der Waals surface area contributed by atoms with Crippen molar-refractivity contribution in [3.63, 3.8) is 0 Å². The molecular formula is C4H7BILiO6. The average molecular weight is 296 g/mol. The van der Waals surface area contributed by atoms with Gasteiger partial charge in [0, 0.05) is 4.43 Å². The summed E-state index contributed by atoms with van der Waals surface area (Å²) in [6, 6.07) is 0. The summed E-state index contributed by atoms with van der Waals surface area (Å²) in [5.74, 6) is -2.66. The molecule has 0 radical (unpaired) electrons. The van der Waals surface area contributed by atoms with Crippen molar-refractivity contribution in [1.29, 1.82) is 0 Å². The monoisotopic (exact) mass is 296 g/mol. The Hall–Kier alpha value is 0.252. The van der Waals surface area contributed by atoms with Crippen molar-refractivity contribution in [2.24, 2.45) is 0 Å². The van der Waals surface area contributed by atoms with Crippen molar-refractivity contribution in [3.05, 3.63) is 0 Å². The molecule has 0 aromatic carbocycles. The summed E-state index contributed by atoms with van der Waals surface area (Å²) in [7, 11) is -2.29. The molecule has 0 heterocycles. The van der Waals surface area contributed by atoms with Gasteiger partial charge in [-0.2, -0.15) is 0 Å². The van der Waals surface area contributed by atoms with E-state index in [9.17, 15) is 9.59 Å². The van der Waals surface area contributed by atoms with Gasteiger partial charge in [0.05, 0.1) is 0 Å². The van der Waals surface area contributed by atoms with E-state index in [0.29, 0.717) is 4.43 Å². The first kappa shape index (κ1) is 15.7. The second-order valence-corrected chi connectivity index (χ2v) is 2.64. The van der Waals surface area contributed by atoms with Crippen LogP contribution in [-0.4, -0.2) is 59.2 Å². The van der Waals surface area contributed by atoms with Gasteiger partial charge in [0.15, 0.2) is 0 Å². The van der Waals surface area contributed by atoms with E-state index >= 15 is 0 Å². The van der Waals surface area contributed by atoms with E-state index in [1.54, 1.807) is 0 Å². The predicted molar refractivity (Wildman–Crippen MR) is 53.3 cm³/mol. The SMILES string of the molecule is O=C(OCCI)C(=O)OB(O)O.[LiH]. The predicted octanol–water partition coefficient (Wildman–Crippen LogP) is -2.17. The molecule has 13 heavy (non-hydrogen) atoms. The van der Waals surface area contributed by atoms with Gasteiger partial charge in [0.1, 0.15) is 6.61 Å². The van der Waals surface area contributed by atoms with Crippen LogP contribution in [0.15, 0.2) is 0 Å². The van der Waals surface area contributed by atoms with E-state index in [-0.39, 0.29) is 25.5 Å². The van der Waals surface area contributed by atoms with E-state index < -0.39 is 19.3 Å². The van der Waals surface area contributed by atoms with Crippen LogP contribution in [0.5, 0.6) is 0 Å². The molecule has 0 atom stereocenters. The van der Waals surface area contributed by atoms with Gasteiger partial charge in [-0.3, -0.25) is 0 Å². The molecule has 70 valence electrons. The Morgan fingerprint density at radius 1 is 1.31 bits per heavy atom. The minimum absolute atomic E-state index is 0. The molecule has 0 unspecified atom stereocenters. The van der Waals surface area contributed by atoms with E-state index in [0.717, 1.165) is 0 Å². The second kappa shape index (κ2) is 8.83. The quantitative estimate of drug-likeness (QED) is 0.202. The summed E-state index contributed by atoms with van der Waals surface area (Å²) in [4.78, 5) is 21.0. The average Bonchev–Trinajstić information content (AvgIpc) is 1.98. The van der Waals surface area contributed by atoms with E-state index in [2.05, 4.69) is 9.39 Å². The molecule has 0 aromatic heterocycles. The van der Waals surface area contributed by atoms with Gasteiger partial charge >= 0.3 is 38.1 Å². The molecule has 0 amide bonds. The third kappa shape index (κ3) is 8.58. The fourth-order valence-corrected chi connectivity index (χ4v) is 0.554. The fraction of sp³-hybridized carbons (Fsp3) is 0.500. The molecule has 0 bridgehead atoms. The Kier molecular flexibility index (Phi) is 10.7. The molecular weight excluding hydrogens is 289 g/mol. The van der Waals surface area contributed by atoms with Crippen molar-refractivity contribution in [3.8, 4) is 0 Å². The fourth-order valence-electron chi connectivity index (χ4n) is 0.334. The van der Waals surface area contributed by atoms with Gasteiger partial charge in [-0.05, 0) is 0 Å². The molecule has 0 aliphatic heterocycles. The Bertz CT molecular complexity index is 176. The standard InChI is InChI=1S/C4H6BIO6.Li.H/c6-1-2-11-3(7)4(8)12-5(9)10;;/h9-10H,1-2H2;;. The van der Waals surface area contributed by atoms with Crippen molar-refractivity contribution in [2.75, 3.05) is 11.0 Å². The van der Waals surface area contributed by atoms with Crippen LogP contribution in [0, 0.1) is 0 Å². The molecule has 6 nitrogen and oxygen atoms in total. The zero-order valence-electron chi connectivity index (χ0n) is 5.90. The molecule has 2 N–H and O–H groups in total. The third-order valence-corrected chi connectivity index (χ3v) is 1.13. The number of carbonyl (C=O) groups excluding carboxylic acids is 2. The van der Waals surface area contributed by atoms with Gasteiger partial charge < -0.3 is 19.4 Å². The van der Waals surface area contributed by atoms with E-state index in [1.165, 1.54) is 0 Å². The molecule has 9 heteroatoms. The maximum atomic E-state index is 10.5. The van der Waals surface area contributed by atoms with Gasteiger partial charge in [0.2, 0.25) is 0 Å². The Labute approximate surface area is 100 Å². The molecule has 0 rings (SSSR count). The number of hydrogen-bond donors (Lipinski definition) is 2. The first-order chi connectivity index (χ1) is 5.57. The van der Waals surface area contributed by atoms with Gasteiger partial charge in [-0.25, -0.2) is 9.59 Å². The summed E-state index contributed by atoms with van der Waals surface area (Å²) in [5.41, 5.74) is 0. The Morgan fingerprint density at radius 2 is 1.85 bits per heavy atom. The molecule has 0 aliphatic rings. The van der Waals surface area contributed by atoms with Crippen LogP contribution in [0.4, 0.5) is 0 Å². The number of rotatable bonds is 3. The van der Waals surface area contributed by atoms with Crippen LogP contribution in [0.3, 0.4) is 0 Å². The van der Waals surface area contributed by atoms with Gasteiger partial charge in [-0.15, -0.1) is 0 Å². The zero-order chi connectivity index (χ0) is 9.56. The molecule has 0 aliphatic carbocycles. The topological polar surface area (TPSA) is 93.1 Å². The summed E-state index contributed by atoms with van der Waals surface area (Å²) in [6.45, 7) is 0.0794. The van der Waals surface area contributed by atoms with Crippen LogP contribution in [0.25, 0.3) is 0 Å². The number of carbonyl (C=O) groups is 2. The summed E-state index contributed by atoms with van der Waals surface area (Å²) < 4.78 is 8.56. The van der Waals surface area contributed by atoms with Crippen molar-refractivity contribution < 1.29 is 29.0 Å². The molecule has 0 aromatic rings. The van der Waals surface area contributed by atoms with E-state index in [4.69, 9.17) is 10.0 Å². The first-order valence-electron chi connectivity index (χ1n) is 2.87. The molecule has 0 spiro atoms. The second-order valence-electron chi connectivity index (χ2n) is 1.56. The maximum absolute atomic E-state index is 10.5. The Morgan fingerprint density at radius 3 is 2.23 bits per heavy atom. The number of hydrogen-bond acceptors (Lipinski definition) is 6. The van der Waals surface area contributed by atoms with Crippen LogP contribution < -0.4 is 0 Å². The van der Waals surface area contributed by atoms with Crippen LogP contribution in [0.2, 0.25) is 0 Å². The normalized spacial score (nSPS) is 8.23. The summed E-state index contributed by atoms with van der Waals surface area (Å²) in [5, 5.41) is 16.2. The van der Waals surface area contributed by atoms with Crippen molar-refractivity contribution in [2.45, 2.75) is 0 Å². The molecule has 0 fully saturated rings. The van der Waals surface area contributed by atoms with Crippen molar-refractivity contribution in [1.82, 2.24) is 0 Å². The number of esters is 1. The van der Waals surface area contributed by atoms with Gasteiger partial charge in [0.25, 0.3) is 0 Å². The zero-order valence-corrected chi connectivity index (χ0v) is 8.05. The molecule has 0 saturated heterocycles. The summed E-state index contributed by atoms with van der Waals surface area (Å²) >= 11 is 1.94. The number of alkyl halides is 1. The molecule has 0 saturated carbocycles. The number of halogens is 1. The van der Waals surface area contributed by atoms with E-state index in [1.807, 2.05) is 22.6 Å². The van der Waals surface area contributed by atoms with Crippen molar-refractivity contribution >= 4 is 60.7 Å². The van der Waals surface area contributed by atoms with Crippen LogP contribution >= 0.6 is 22.6 Å². The Balaban J connectivity index is 0. The van der Waals surface area contributed by atoms with Gasteiger partial charge in [-0.1, -0.05) is 22.6 Å². The first-order valence-corrected chi connectivity index (χ1v) is 4.40.